The first-order chi connectivity index (χ1) is 8.85. The van der Waals surface area contributed by atoms with E-state index in [1.165, 1.54) is 0 Å². The Kier molecular flexibility index (Phi) is 5.82. The van der Waals surface area contributed by atoms with E-state index in [2.05, 4.69) is 0 Å². The Bertz CT molecular complexity index is 498. The second-order valence-corrected chi connectivity index (χ2v) is 7.26. The summed E-state index contributed by atoms with van der Waals surface area (Å²) in [4.78, 5) is 0. The van der Waals surface area contributed by atoms with Crippen molar-refractivity contribution in [3.8, 4) is 0 Å². The molecule has 0 radical (unpaired) electrons. The Morgan fingerprint density at radius 3 is 2.53 bits per heavy atom. The van der Waals surface area contributed by atoms with E-state index in [0.29, 0.717) is 18.8 Å². The van der Waals surface area contributed by atoms with Crippen molar-refractivity contribution in [2.45, 2.75) is 33.7 Å². The zero-order chi connectivity index (χ0) is 14.5. The first-order valence-corrected chi connectivity index (χ1v) is 8.28. The van der Waals surface area contributed by atoms with Crippen LogP contribution in [0.3, 0.4) is 0 Å². The van der Waals surface area contributed by atoms with Crippen molar-refractivity contribution in [2.24, 2.45) is 5.92 Å². The third-order valence-electron chi connectivity index (χ3n) is 2.72. The van der Waals surface area contributed by atoms with E-state index in [1.807, 2.05) is 39.0 Å². The average Bonchev–Trinajstić information content (AvgIpc) is 2.26. The smallest absolute Gasteiger partial charge is 0.214 e. The lowest BCUT2D eigenvalue weighted by Crippen LogP contribution is -2.34. The second-order valence-electron chi connectivity index (χ2n) is 5.25. The Balaban J connectivity index is 2.89. The summed E-state index contributed by atoms with van der Waals surface area (Å²) in [5.74, 6) is 0.320. The van der Waals surface area contributed by atoms with Gasteiger partial charge >= 0.3 is 0 Å². The Morgan fingerprint density at radius 1 is 1.32 bits per heavy atom. The molecule has 0 aliphatic carbocycles. The van der Waals surface area contributed by atoms with Gasteiger partial charge in [0.2, 0.25) is 10.0 Å². The average molecular weight is 284 g/mol. The third kappa shape index (κ3) is 5.20. The van der Waals surface area contributed by atoms with Crippen molar-refractivity contribution >= 4 is 15.7 Å². The second kappa shape index (κ2) is 6.91. The minimum atomic E-state index is -3.20. The molecule has 0 aromatic heterocycles. The standard InChI is InChI=1S/C14H24N2O2S/c1-4-8-16(19(17,18)11-12(2)3)10-13-6-5-7-14(15)9-13/h5-7,9,12H,4,8,10-11,15H2,1-3H3. The summed E-state index contributed by atoms with van der Waals surface area (Å²) in [7, 11) is -3.20. The fourth-order valence-corrected chi connectivity index (χ4v) is 3.85. The Hall–Kier alpha value is -1.07. The van der Waals surface area contributed by atoms with Gasteiger partial charge in [0.05, 0.1) is 5.75 Å². The molecule has 0 atom stereocenters. The van der Waals surface area contributed by atoms with E-state index in [1.54, 1.807) is 10.4 Å². The van der Waals surface area contributed by atoms with Gasteiger partial charge in [-0.2, -0.15) is 4.31 Å². The first kappa shape index (κ1) is 16.0. The van der Waals surface area contributed by atoms with Crippen LogP contribution < -0.4 is 5.73 Å². The van der Waals surface area contributed by atoms with Crippen LogP contribution in [0, 0.1) is 5.92 Å². The molecule has 0 saturated heterocycles. The lowest BCUT2D eigenvalue weighted by Gasteiger charge is -2.23. The van der Waals surface area contributed by atoms with Gasteiger partial charge in [0.15, 0.2) is 0 Å². The number of anilines is 1. The maximum Gasteiger partial charge on any atom is 0.214 e. The topological polar surface area (TPSA) is 63.4 Å². The molecule has 108 valence electrons. The maximum absolute atomic E-state index is 12.3. The molecular weight excluding hydrogens is 260 g/mol. The minimum absolute atomic E-state index is 0.130. The first-order valence-electron chi connectivity index (χ1n) is 6.67. The summed E-state index contributed by atoms with van der Waals surface area (Å²) in [6, 6.07) is 7.39. The van der Waals surface area contributed by atoms with Gasteiger partial charge in [0, 0.05) is 18.8 Å². The van der Waals surface area contributed by atoms with Crippen molar-refractivity contribution in [1.82, 2.24) is 4.31 Å². The molecule has 1 aromatic carbocycles. The van der Waals surface area contributed by atoms with Crippen LogP contribution in [0.5, 0.6) is 0 Å². The van der Waals surface area contributed by atoms with E-state index in [-0.39, 0.29) is 11.7 Å². The van der Waals surface area contributed by atoms with Crippen LogP contribution in [-0.2, 0) is 16.6 Å². The number of nitrogen functional groups attached to an aromatic ring is 1. The molecule has 4 nitrogen and oxygen atoms in total. The van der Waals surface area contributed by atoms with Gasteiger partial charge in [-0.05, 0) is 30.0 Å². The van der Waals surface area contributed by atoms with Crippen LogP contribution in [0.2, 0.25) is 0 Å². The molecule has 0 fully saturated rings. The van der Waals surface area contributed by atoms with Crippen molar-refractivity contribution < 1.29 is 8.42 Å². The Morgan fingerprint density at radius 2 is 2.00 bits per heavy atom. The highest BCUT2D eigenvalue weighted by Crippen LogP contribution is 2.15. The summed E-state index contributed by atoms with van der Waals surface area (Å²) in [5.41, 5.74) is 7.32. The summed E-state index contributed by atoms with van der Waals surface area (Å²) in [6.45, 7) is 6.76. The number of benzene rings is 1. The monoisotopic (exact) mass is 284 g/mol. The molecule has 0 saturated carbocycles. The highest BCUT2D eigenvalue weighted by atomic mass is 32.2. The lowest BCUT2D eigenvalue weighted by molar-refractivity contribution is 0.402. The van der Waals surface area contributed by atoms with E-state index in [4.69, 9.17) is 5.73 Å². The van der Waals surface area contributed by atoms with Crippen LogP contribution >= 0.6 is 0 Å². The molecule has 2 N–H and O–H groups in total. The van der Waals surface area contributed by atoms with Gasteiger partial charge in [-0.25, -0.2) is 8.42 Å². The fourth-order valence-electron chi connectivity index (χ4n) is 1.99. The van der Waals surface area contributed by atoms with Crippen molar-refractivity contribution in [3.63, 3.8) is 0 Å². The summed E-state index contributed by atoms with van der Waals surface area (Å²) in [5, 5.41) is 0. The molecule has 0 aliphatic heterocycles. The lowest BCUT2D eigenvalue weighted by atomic mass is 10.2. The number of rotatable bonds is 7. The van der Waals surface area contributed by atoms with Gasteiger partial charge in [0.1, 0.15) is 0 Å². The molecule has 0 unspecified atom stereocenters. The number of nitrogens with two attached hydrogens (primary N) is 1. The van der Waals surface area contributed by atoms with Crippen LogP contribution in [-0.4, -0.2) is 25.0 Å². The predicted molar refractivity (Wildman–Crippen MR) is 80.2 cm³/mol. The number of hydrogen-bond acceptors (Lipinski definition) is 3. The van der Waals surface area contributed by atoms with Crippen molar-refractivity contribution in [3.05, 3.63) is 29.8 Å². The van der Waals surface area contributed by atoms with E-state index in [0.717, 1.165) is 12.0 Å². The highest BCUT2D eigenvalue weighted by molar-refractivity contribution is 7.89. The third-order valence-corrected chi connectivity index (χ3v) is 4.91. The van der Waals surface area contributed by atoms with E-state index < -0.39 is 10.0 Å². The molecule has 0 bridgehead atoms. The molecule has 0 heterocycles. The predicted octanol–water partition coefficient (Wildman–Crippen LogP) is 2.47. The van der Waals surface area contributed by atoms with Gasteiger partial charge in [-0.15, -0.1) is 0 Å². The number of nitrogens with zero attached hydrogens (tertiary/aromatic N) is 1. The summed E-state index contributed by atoms with van der Waals surface area (Å²) in [6.07, 6.45) is 0.805. The van der Waals surface area contributed by atoms with E-state index >= 15 is 0 Å². The summed E-state index contributed by atoms with van der Waals surface area (Å²) < 4.78 is 26.2. The van der Waals surface area contributed by atoms with Crippen LogP contribution in [0.4, 0.5) is 5.69 Å². The van der Waals surface area contributed by atoms with Crippen LogP contribution in [0.1, 0.15) is 32.8 Å². The van der Waals surface area contributed by atoms with Crippen LogP contribution in [0.15, 0.2) is 24.3 Å². The number of sulfonamides is 1. The molecule has 1 rings (SSSR count). The molecular formula is C14H24N2O2S. The van der Waals surface area contributed by atoms with Gasteiger partial charge < -0.3 is 5.73 Å². The Labute approximate surface area is 116 Å². The van der Waals surface area contributed by atoms with E-state index in [9.17, 15) is 8.42 Å². The molecule has 19 heavy (non-hydrogen) atoms. The molecule has 0 amide bonds. The summed E-state index contributed by atoms with van der Waals surface area (Å²) >= 11 is 0. The zero-order valence-corrected chi connectivity index (χ0v) is 12.8. The normalized spacial score (nSPS) is 12.3. The molecule has 5 heteroatoms. The van der Waals surface area contributed by atoms with Crippen molar-refractivity contribution in [1.29, 1.82) is 0 Å². The molecule has 0 aliphatic rings. The van der Waals surface area contributed by atoms with Gasteiger partial charge in [-0.1, -0.05) is 32.9 Å². The minimum Gasteiger partial charge on any atom is -0.399 e. The van der Waals surface area contributed by atoms with Crippen LogP contribution in [0.25, 0.3) is 0 Å². The number of hydrogen-bond donors (Lipinski definition) is 1. The maximum atomic E-state index is 12.3. The molecule has 0 spiro atoms. The fraction of sp³-hybridized carbons (Fsp3) is 0.571. The largest absolute Gasteiger partial charge is 0.399 e. The quantitative estimate of drug-likeness (QED) is 0.782. The van der Waals surface area contributed by atoms with Gasteiger partial charge in [0.25, 0.3) is 0 Å². The van der Waals surface area contributed by atoms with Gasteiger partial charge in [-0.3, -0.25) is 0 Å². The zero-order valence-electron chi connectivity index (χ0n) is 12.0. The van der Waals surface area contributed by atoms with Crippen molar-refractivity contribution in [2.75, 3.05) is 18.0 Å². The molecule has 1 aromatic rings. The highest BCUT2D eigenvalue weighted by Gasteiger charge is 2.22. The SMILES string of the molecule is CCCN(Cc1cccc(N)c1)S(=O)(=O)CC(C)C.